The molecule has 21 heavy (non-hydrogen) atoms. The van der Waals surface area contributed by atoms with Crippen molar-refractivity contribution >= 4 is 16.7 Å². The first kappa shape index (κ1) is 14.2. The van der Waals surface area contributed by atoms with Crippen LogP contribution in [0.25, 0.3) is 10.9 Å². The Morgan fingerprint density at radius 1 is 1.29 bits per heavy atom. The van der Waals surface area contributed by atoms with Crippen molar-refractivity contribution in [3.05, 3.63) is 42.1 Å². The van der Waals surface area contributed by atoms with E-state index in [4.69, 9.17) is 0 Å². The monoisotopic (exact) mass is 282 g/mol. The lowest BCUT2D eigenvalue weighted by Crippen LogP contribution is -2.42. The third kappa shape index (κ3) is 2.70. The van der Waals surface area contributed by atoms with Crippen molar-refractivity contribution in [2.75, 3.05) is 13.1 Å². The van der Waals surface area contributed by atoms with Crippen LogP contribution in [0.5, 0.6) is 0 Å². The fraction of sp³-hybridized carbons (Fsp3) is 0.444. The second-order valence-electron chi connectivity index (χ2n) is 6.02. The van der Waals surface area contributed by atoms with Crippen molar-refractivity contribution in [1.82, 2.24) is 10.3 Å². The molecule has 0 atom stereocenters. The van der Waals surface area contributed by atoms with Crippen LogP contribution >= 0.6 is 0 Å². The predicted octanol–water partition coefficient (Wildman–Crippen LogP) is 3.59. The minimum absolute atomic E-state index is 0.178. The van der Waals surface area contributed by atoms with E-state index in [1.54, 1.807) is 6.20 Å². The maximum absolute atomic E-state index is 13.1. The fourth-order valence-electron chi connectivity index (χ4n) is 3.49. The van der Waals surface area contributed by atoms with Crippen molar-refractivity contribution in [2.24, 2.45) is 5.41 Å². The molecule has 1 aliphatic rings. The van der Waals surface area contributed by atoms with Crippen LogP contribution in [0.15, 0.2) is 36.5 Å². The Morgan fingerprint density at radius 3 is 2.86 bits per heavy atom. The van der Waals surface area contributed by atoms with Crippen molar-refractivity contribution in [2.45, 2.75) is 32.6 Å². The van der Waals surface area contributed by atoms with Gasteiger partial charge in [0.25, 0.3) is 0 Å². The van der Waals surface area contributed by atoms with Gasteiger partial charge in [0.15, 0.2) is 5.78 Å². The average Bonchev–Trinajstić information content (AvgIpc) is 2.55. The highest BCUT2D eigenvalue weighted by molar-refractivity contribution is 6.03. The molecule has 1 aromatic heterocycles. The van der Waals surface area contributed by atoms with Gasteiger partial charge in [0.05, 0.1) is 5.52 Å². The minimum Gasteiger partial charge on any atom is -0.317 e. The molecule has 0 bridgehead atoms. The van der Waals surface area contributed by atoms with Gasteiger partial charge in [-0.25, -0.2) is 0 Å². The summed E-state index contributed by atoms with van der Waals surface area (Å²) in [6.45, 7) is 4.05. The number of piperidine rings is 1. The number of pyridine rings is 1. The van der Waals surface area contributed by atoms with Gasteiger partial charge in [0.2, 0.25) is 0 Å². The number of nitrogens with one attached hydrogen (secondary N) is 1. The van der Waals surface area contributed by atoms with Crippen LogP contribution in [0, 0.1) is 5.41 Å². The van der Waals surface area contributed by atoms with Gasteiger partial charge in [0.1, 0.15) is 0 Å². The Kier molecular flexibility index (Phi) is 4.02. The van der Waals surface area contributed by atoms with Crippen LogP contribution in [0.2, 0.25) is 0 Å². The summed E-state index contributed by atoms with van der Waals surface area (Å²) in [7, 11) is 0. The zero-order chi connectivity index (χ0) is 14.7. The largest absolute Gasteiger partial charge is 0.317 e. The average molecular weight is 282 g/mol. The molecular weight excluding hydrogens is 260 g/mol. The quantitative estimate of drug-likeness (QED) is 0.871. The Morgan fingerprint density at radius 2 is 2.10 bits per heavy atom. The van der Waals surface area contributed by atoms with Crippen molar-refractivity contribution in [1.29, 1.82) is 0 Å². The molecule has 110 valence electrons. The number of Topliss-reactive ketones (excluding diaryl/α,β-unsaturated/α-hetero) is 1. The van der Waals surface area contributed by atoms with E-state index in [2.05, 4.69) is 17.2 Å². The molecule has 3 heteroatoms. The maximum Gasteiger partial charge on any atom is 0.169 e. The van der Waals surface area contributed by atoms with Crippen molar-refractivity contribution in [3.63, 3.8) is 0 Å². The van der Waals surface area contributed by atoms with Gasteiger partial charge in [-0.1, -0.05) is 31.5 Å². The van der Waals surface area contributed by atoms with Crippen LogP contribution in [-0.2, 0) is 0 Å². The molecule has 1 saturated heterocycles. The molecule has 0 aliphatic carbocycles. The molecule has 1 aromatic carbocycles. The van der Waals surface area contributed by atoms with E-state index in [-0.39, 0.29) is 5.41 Å². The van der Waals surface area contributed by atoms with E-state index in [0.29, 0.717) is 5.78 Å². The van der Waals surface area contributed by atoms with Crippen LogP contribution in [-0.4, -0.2) is 23.9 Å². The first-order valence-electron chi connectivity index (χ1n) is 7.85. The zero-order valence-corrected chi connectivity index (χ0v) is 12.6. The van der Waals surface area contributed by atoms with E-state index in [0.717, 1.165) is 55.2 Å². The normalized spacial score (nSPS) is 17.8. The summed E-state index contributed by atoms with van der Waals surface area (Å²) in [5.74, 6) is 0.304. The number of hydrogen-bond acceptors (Lipinski definition) is 3. The molecule has 0 amide bonds. The standard InChI is InChI=1S/C18H22N2O/c1-2-7-18(8-11-19-12-9-18)17(21)15-6-5-14-4-3-10-20-16(14)13-15/h3-6,10,13,19H,2,7-9,11-12H2,1H3. The first-order chi connectivity index (χ1) is 10.2. The van der Waals surface area contributed by atoms with E-state index in [1.807, 2.05) is 30.3 Å². The Bertz CT molecular complexity index is 639. The molecule has 3 nitrogen and oxygen atoms in total. The highest BCUT2D eigenvalue weighted by Crippen LogP contribution is 2.37. The Labute approximate surface area is 125 Å². The van der Waals surface area contributed by atoms with Crippen LogP contribution in [0.1, 0.15) is 43.0 Å². The van der Waals surface area contributed by atoms with Crippen LogP contribution in [0.4, 0.5) is 0 Å². The highest BCUT2D eigenvalue weighted by Gasteiger charge is 2.38. The molecule has 2 heterocycles. The molecular formula is C18H22N2O. The highest BCUT2D eigenvalue weighted by atomic mass is 16.1. The summed E-state index contributed by atoms with van der Waals surface area (Å²) in [6, 6.07) is 9.89. The second kappa shape index (κ2) is 5.94. The summed E-state index contributed by atoms with van der Waals surface area (Å²) in [5, 5.41) is 4.46. The molecule has 1 aliphatic heterocycles. The van der Waals surface area contributed by atoms with E-state index in [9.17, 15) is 4.79 Å². The third-order valence-electron chi connectivity index (χ3n) is 4.64. The lowest BCUT2D eigenvalue weighted by Gasteiger charge is -2.36. The molecule has 0 unspecified atom stereocenters. The number of carbonyl (C=O) groups is 1. The van der Waals surface area contributed by atoms with Gasteiger partial charge in [-0.3, -0.25) is 9.78 Å². The number of carbonyl (C=O) groups excluding carboxylic acids is 1. The summed E-state index contributed by atoms with van der Waals surface area (Å²) in [5.41, 5.74) is 1.54. The minimum atomic E-state index is -0.178. The summed E-state index contributed by atoms with van der Waals surface area (Å²) in [6.07, 6.45) is 5.70. The third-order valence-corrected chi connectivity index (χ3v) is 4.64. The molecule has 2 aromatic rings. The molecule has 1 N–H and O–H groups in total. The zero-order valence-electron chi connectivity index (χ0n) is 12.6. The topological polar surface area (TPSA) is 42.0 Å². The first-order valence-corrected chi connectivity index (χ1v) is 7.85. The van der Waals surface area contributed by atoms with Gasteiger partial charge in [0, 0.05) is 22.6 Å². The van der Waals surface area contributed by atoms with Gasteiger partial charge in [-0.15, -0.1) is 0 Å². The van der Waals surface area contributed by atoms with Gasteiger partial charge in [-0.05, 0) is 44.5 Å². The molecule has 0 spiro atoms. The summed E-state index contributed by atoms with van der Waals surface area (Å²) < 4.78 is 0. The van der Waals surface area contributed by atoms with Crippen LogP contribution < -0.4 is 5.32 Å². The Hall–Kier alpha value is -1.74. The van der Waals surface area contributed by atoms with E-state index < -0.39 is 0 Å². The lowest BCUT2D eigenvalue weighted by molar-refractivity contribution is 0.0704. The fourth-order valence-corrected chi connectivity index (χ4v) is 3.49. The van der Waals surface area contributed by atoms with Crippen molar-refractivity contribution < 1.29 is 4.79 Å². The molecule has 3 rings (SSSR count). The van der Waals surface area contributed by atoms with Crippen molar-refractivity contribution in [3.8, 4) is 0 Å². The number of rotatable bonds is 4. The number of nitrogens with zero attached hydrogens (tertiary/aromatic N) is 1. The number of benzene rings is 1. The molecule has 1 fully saturated rings. The smallest absolute Gasteiger partial charge is 0.169 e. The summed E-state index contributed by atoms with van der Waals surface area (Å²) >= 11 is 0. The second-order valence-corrected chi connectivity index (χ2v) is 6.02. The number of hydrogen-bond donors (Lipinski definition) is 1. The summed E-state index contributed by atoms with van der Waals surface area (Å²) in [4.78, 5) is 17.5. The van der Waals surface area contributed by atoms with E-state index in [1.165, 1.54) is 0 Å². The molecule has 0 saturated carbocycles. The lowest BCUT2D eigenvalue weighted by atomic mass is 9.70. The van der Waals surface area contributed by atoms with Gasteiger partial charge >= 0.3 is 0 Å². The predicted molar refractivity (Wildman–Crippen MR) is 85.5 cm³/mol. The molecule has 0 radical (unpaired) electrons. The van der Waals surface area contributed by atoms with E-state index >= 15 is 0 Å². The van der Waals surface area contributed by atoms with Gasteiger partial charge < -0.3 is 5.32 Å². The number of fused-ring (bicyclic) bond motifs is 1. The van der Waals surface area contributed by atoms with Crippen LogP contribution in [0.3, 0.4) is 0 Å². The van der Waals surface area contributed by atoms with Gasteiger partial charge in [-0.2, -0.15) is 0 Å². The number of ketones is 1. The Balaban J connectivity index is 1.97. The maximum atomic E-state index is 13.1. The number of aromatic nitrogens is 1. The SMILES string of the molecule is CCCC1(C(=O)c2ccc3cccnc3c2)CCNCC1.